The zero-order chi connectivity index (χ0) is 18.1. The van der Waals surface area contributed by atoms with Crippen molar-refractivity contribution in [2.75, 3.05) is 46.6 Å². The van der Waals surface area contributed by atoms with E-state index in [1.165, 1.54) is 0 Å². The molecule has 1 aliphatic heterocycles. The van der Waals surface area contributed by atoms with Crippen molar-refractivity contribution < 1.29 is 13.9 Å². The van der Waals surface area contributed by atoms with E-state index in [-0.39, 0.29) is 5.82 Å². The summed E-state index contributed by atoms with van der Waals surface area (Å²) >= 11 is 0. The van der Waals surface area contributed by atoms with Crippen LogP contribution in [-0.2, 0) is 16.0 Å². The maximum atomic E-state index is 13.7. The fourth-order valence-electron chi connectivity index (χ4n) is 2.88. The lowest BCUT2D eigenvalue weighted by Crippen LogP contribution is -2.40. The first kappa shape index (κ1) is 19.7. The zero-order valence-electron chi connectivity index (χ0n) is 15.6. The van der Waals surface area contributed by atoms with Gasteiger partial charge in [-0.25, -0.2) is 9.38 Å². The Morgan fingerprint density at radius 1 is 1.40 bits per heavy atom. The average molecular weight is 351 g/mol. The van der Waals surface area contributed by atoms with Crippen LogP contribution in [0.4, 0.5) is 4.39 Å². The van der Waals surface area contributed by atoms with Gasteiger partial charge in [0, 0.05) is 32.7 Å². The minimum absolute atomic E-state index is 0.174. The van der Waals surface area contributed by atoms with Crippen LogP contribution >= 0.6 is 0 Å². The summed E-state index contributed by atoms with van der Waals surface area (Å²) in [6.45, 7) is 9.04. The van der Waals surface area contributed by atoms with Gasteiger partial charge in [-0.05, 0) is 37.5 Å². The predicted octanol–water partition coefficient (Wildman–Crippen LogP) is 2.58. The fourth-order valence-corrected chi connectivity index (χ4v) is 2.88. The van der Waals surface area contributed by atoms with Crippen LogP contribution in [0.25, 0.3) is 0 Å². The lowest BCUT2D eigenvalue weighted by atomic mass is 10.1. The SMILES string of the molecule is CCNC(=NCc1ccc(C)c(F)c1)N1CCC(COCCOC)C1. The molecule has 0 aliphatic carbocycles. The lowest BCUT2D eigenvalue weighted by molar-refractivity contribution is 0.0536. The van der Waals surface area contributed by atoms with Crippen LogP contribution in [0.2, 0.25) is 0 Å². The van der Waals surface area contributed by atoms with Crippen molar-refractivity contribution >= 4 is 5.96 Å². The van der Waals surface area contributed by atoms with Crippen LogP contribution in [0.3, 0.4) is 0 Å². The van der Waals surface area contributed by atoms with Crippen molar-refractivity contribution in [1.82, 2.24) is 10.2 Å². The van der Waals surface area contributed by atoms with Crippen molar-refractivity contribution in [3.63, 3.8) is 0 Å². The number of guanidine groups is 1. The third-order valence-corrected chi connectivity index (χ3v) is 4.35. The second kappa shape index (κ2) is 10.4. The Morgan fingerprint density at radius 3 is 2.96 bits per heavy atom. The van der Waals surface area contributed by atoms with E-state index in [0.29, 0.717) is 31.2 Å². The van der Waals surface area contributed by atoms with Gasteiger partial charge in [-0.1, -0.05) is 12.1 Å². The highest BCUT2D eigenvalue weighted by Crippen LogP contribution is 2.17. The Balaban J connectivity index is 1.90. The second-order valence-corrected chi connectivity index (χ2v) is 6.42. The summed E-state index contributed by atoms with van der Waals surface area (Å²) in [6.07, 6.45) is 1.09. The number of nitrogens with zero attached hydrogens (tertiary/aromatic N) is 2. The molecule has 1 fully saturated rings. The van der Waals surface area contributed by atoms with Crippen molar-refractivity contribution in [1.29, 1.82) is 0 Å². The Labute approximate surface area is 150 Å². The molecule has 0 radical (unpaired) electrons. The molecule has 1 unspecified atom stereocenters. The molecule has 1 aromatic carbocycles. The summed E-state index contributed by atoms with van der Waals surface area (Å²) < 4.78 is 24.3. The van der Waals surface area contributed by atoms with E-state index in [2.05, 4.69) is 22.1 Å². The number of benzene rings is 1. The molecule has 6 heteroatoms. The van der Waals surface area contributed by atoms with Crippen molar-refractivity contribution in [3.05, 3.63) is 35.1 Å². The average Bonchev–Trinajstić information content (AvgIpc) is 3.07. The van der Waals surface area contributed by atoms with E-state index in [9.17, 15) is 4.39 Å². The molecule has 140 valence electrons. The number of methoxy groups -OCH3 is 1. The molecule has 0 spiro atoms. The number of hydrogen-bond donors (Lipinski definition) is 1. The van der Waals surface area contributed by atoms with Gasteiger partial charge in [0.05, 0.1) is 26.4 Å². The summed E-state index contributed by atoms with van der Waals surface area (Å²) in [7, 11) is 1.68. The highest BCUT2D eigenvalue weighted by Gasteiger charge is 2.24. The first-order valence-corrected chi connectivity index (χ1v) is 8.99. The van der Waals surface area contributed by atoms with E-state index in [1.54, 1.807) is 26.2 Å². The monoisotopic (exact) mass is 351 g/mol. The van der Waals surface area contributed by atoms with Gasteiger partial charge in [-0.15, -0.1) is 0 Å². The maximum absolute atomic E-state index is 13.7. The molecule has 0 aromatic heterocycles. The maximum Gasteiger partial charge on any atom is 0.194 e. The van der Waals surface area contributed by atoms with Gasteiger partial charge in [-0.3, -0.25) is 0 Å². The topological polar surface area (TPSA) is 46.1 Å². The summed E-state index contributed by atoms with van der Waals surface area (Å²) in [6, 6.07) is 5.30. The second-order valence-electron chi connectivity index (χ2n) is 6.42. The highest BCUT2D eigenvalue weighted by molar-refractivity contribution is 5.80. The number of halogens is 1. The summed E-state index contributed by atoms with van der Waals surface area (Å²) in [5.41, 5.74) is 1.55. The molecule has 2 rings (SSSR count). The van der Waals surface area contributed by atoms with Crippen LogP contribution in [0, 0.1) is 18.7 Å². The molecule has 25 heavy (non-hydrogen) atoms. The van der Waals surface area contributed by atoms with Crippen LogP contribution < -0.4 is 5.32 Å². The molecule has 0 bridgehead atoms. The number of ether oxygens (including phenoxy) is 2. The van der Waals surface area contributed by atoms with E-state index >= 15 is 0 Å². The standard InChI is InChI=1S/C19H30FN3O2/c1-4-21-19(22-12-16-6-5-15(2)18(20)11-16)23-8-7-17(13-23)14-25-10-9-24-3/h5-6,11,17H,4,7-10,12-14H2,1-3H3,(H,21,22). The number of aryl methyl sites for hydroxylation is 1. The van der Waals surface area contributed by atoms with Gasteiger partial charge in [0.15, 0.2) is 5.96 Å². The largest absolute Gasteiger partial charge is 0.382 e. The molecule has 1 heterocycles. The first-order valence-electron chi connectivity index (χ1n) is 8.99. The Bertz CT molecular complexity index is 566. The van der Waals surface area contributed by atoms with Crippen molar-refractivity contribution in [2.45, 2.75) is 26.8 Å². The predicted molar refractivity (Wildman–Crippen MR) is 98.3 cm³/mol. The Kier molecular flexibility index (Phi) is 8.15. The number of nitrogens with one attached hydrogen (secondary N) is 1. The third-order valence-electron chi connectivity index (χ3n) is 4.35. The highest BCUT2D eigenvalue weighted by atomic mass is 19.1. The molecule has 0 saturated carbocycles. The molecular formula is C19H30FN3O2. The first-order chi connectivity index (χ1) is 12.1. The summed E-state index contributed by atoms with van der Waals surface area (Å²) in [5, 5.41) is 3.34. The van der Waals surface area contributed by atoms with Crippen molar-refractivity contribution in [2.24, 2.45) is 10.9 Å². The van der Waals surface area contributed by atoms with Crippen LogP contribution in [0.1, 0.15) is 24.5 Å². The molecule has 1 aliphatic rings. The normalized spacial score (nSPS) is 18.0. The smallest absolute Gasteiger partial charge is 0.194 e. The van der Waals surface area contributed by atoms with Crippen LogP contribution in [-0.4, -0.2) is 57.4 Å². The quantitative estimate of drug-likeness (QED) is 0.444. The van der Waals surface area contributed by atoms with Gasteiger partial charge in [-0.2, -0.15) is 0 Å². The minimum Gasteiger partial charge on any atom is -0.382 e. The van der Waals surface area contributed by atoms with E-state index in [4.69, 9.17) is 9.47 Å². The number of hydrogen-bond acceptors (Lipinski definition) is 3. The number of likely N-dealkylation sites (tertiary alicyclic amines) is 1. The van der Waals surface area contributed by atoms with Gasteiger partial charge in [0.2, 0.25) is 0 Å². The Morgan fingerprint density at radius 2 is 2.24 bits per heavy atom. The number of aliphatic imine (C=N–C) groups is 1. The molecule has 1 aromatic rings. The van der Waals surface area contributed by atoms with E-state index < -0.39 is 0 Å². The Hall–Kier alpha value is -1.66. The molecular weight excluding hydrogens is 321 g/mol. The van der Waals surface area contributed by atoms with Gasteiger partial charge in [0.25, 0.3) is 0 Å². The molecule has 1 atom stereocenters. The van der Waals surface area contributed by atoms with E-state index in [1.807, 2.05) is 6.07 Å². The van der Waals surface area contributed by atoms with Gasteiger partial charge >= 0.3 is 0 Å². The van der Waals surface area contributed by atoms with Gasteiger partial charge < -0.3 is 19.7 Å². The summed E-state index contributed by atoms with van der Waals surface area (Å²) in [4.78, 5) is 6.95. The van der Waals surface area contributed by atoms with E-state index in [0.717, 1.165) is 44.2 Å². The minimum atomic E-state index is -0.174. The van der Waals surface area contributed by atoms with Crippen LogP contribution in [0.15, 0.2) is 23.2 Å². The molecule has 1 saturated heterocycles. The molecule has 5 nitrogen and oxygen atoms in total. The third kappa shape index (κ3) is 6.29. The van der Waals surface area contributed by atoms with Crippen LogP contribution in [0.5, 0.6) is 0 Å². The fraction of sp³-hybridized carbons (Fsp3) is 0.632. The molecule has 1 N–H and O–H groups in total. The zero-order valence-corrected chi connectivity index (χ0v) is 15.6. The lowest BCUT2D eigenvalue weighted by Gasteiger charge is -2.21. The summed E-state index contributed by atoms with van der Waals surface area (Å²) in [5.74, 6) is 1.23. The number of rotatable bonds is 8. The molecule has 0 amide bonds. The van der Waals surface area contributed by atoms with Gasteiger partial charge in [0.1, 0.15) is 5.82 Å². The van der Waals surface area contributed by atoms with Crippen molar-refractivity contribution in [3.8, 4) is 0 Å².